The number of hydrogen-bond donors (Lipinski definition) is 1. The normalized spacial score (nSPS) is 19.1. The zero-order valence-corrected chi connectivity index (χ0v) is 28.5. The van der Waals surface area contributed by atoms with E-state index in [1.54, 1.807) is 31.3 Å². The number of fused-ring (bicyclic) bond motifs is 5. The van der Waals surface area contributed by atoms with Crippen LogP contribution in [0.5, 0.6) is 5.75 Å². The molecule has 2 aliphatic heterocycles. The first-order valence-electron chi connectivity index (χ1n) is 16.9. The molecule has 1 amide bonds. The Hall–Kier alpha value is -5.30. The Morgan fingerprint density at radius 3 is 2.69 bits per heavy atom. The monoisotopic (exact) mass is 708 g/mol. The first-order chi connectivity index (χ1) is 24.8. The quantitative estimate of drug-likeness (QED) is 0.169. The summed E-state index contributed by atoms with van der Waals surface area (Å²) in [5.74, 6) is 0.224. The van der Waals surface area contributed by atoms with Crippen LogP contribution >= 0.6 is 11.3 Å². The number of carbonyl (C=O) groups excluding carboxylic acids is 1. The van der Waals surface area contributed by atoms with Gasteiger partial charge in [-0.2, -0.15) is 0 Å². The summed E-state index contributed by atoms with van der Waals surface area (Å²) in [6.07, 6.45) is 3.09. The SMILES string of the molecule is COc1c(F)ccc2c1C[C@H](F)C2Nc1nccc2cc(-c3c4c(nc(CCc5ccc(F)cc5)c3-c3nnc(C)o3)[C@H]3CCCN3C4=O)sc12. The summed E-state index contributed by atoms with van der Waals surface area (Å²) in [6.45, 7) is 2.36. The van der Waals surface area contributed by atoms with E-state index >= 15 is 4.39 Å². The zero-order valence-electron chi connectivity index (χ0n) is 27.7. The number of hydrogen-bond acceptors (Lipinski definition) is 9. The van der Waals surface area contributed by atoms with Gasteiger partial charge in [-0.25, -0.2) is 18.2 Å². The molecule has 1 N–H and O–H groups in total. The van der Waals surface area contributed by atoms with E-state index in [1.165, 1.54) is 36.6 Å². The van der Waals surface area contributed by atoms with Gasteiger partial charge in [-0.1, -0.05) is 18.2 Å². The van der Waals surface area contributed by atoms with E-state index in [0.29, 0.717) is 64.6 Å². The molecule has 9 nitrogen and oxygen atoms in total. The number of nitrogens with zero attached hydrogens (tertiary/aromatic N) is 5. The van der Waals surface area contributed by atoms with Crippen LogP contribution in [0, 0.1) is 18.6 Å². The Morgan fingerprint density at radius 2 is 1.90 bits per heavy atom. The molecule has 9 rings (SSSR count). The average Bonchev–Trinajstić information content (AvgIpc) is 3.96. The Labute approximate surface area is 294 Å². The molecule has 0 spiro atoms. The van der Waals surface area contributed by atoms with Crippen molar-refractivity contribution in [3.8, 4) is 27.6 Å². The van der Waals surface area contributed by atoms with Crippen LogP contribution in [0.2, 0.25) is 0 Å². The Bertz CT molecular complexity index is 2360. The summed E-state index contributed by atoms with van der Waals surface area (Å²) in [5, 5.41) is 12.7. The number of pyridine rings is 2. The molecule has 6 heterocycles. The van der Waals surface area contributed by atoms with Gasteiger partial charge in [-0.15, -0.1) is 21.5 Å². The van der Waals surface area contributed by atoms with E-state index in [4.69, 9.17) is 14.1 Å². The average molecular weight is 709 g/mol. The first kappa shape index (κ1) is 31.7. The highest BCUT2D eigenvalue weighted by molar-refractivity contribution is 7.23. The molecule has 0 bridgehead atoms. The zero-order chi connectivity index (χ0) is 35.0. The lowest BCUT2D eigenvalue weighted by molar-refractivity contribution is 0.0776. The predicted molar refractivity (Wildman–Crippen MR) is 186 cm³/mol. The van der Waals surface area contributed by atoms with E-state index in [-0.39, 0.29) is 35.8 Å². The number of alkyl halides is 1. The maximum atomic E-state index is 15.6. The third kappa shape index (κ3) is 5.16. The van der Waals surface area contributed by atoms with Crippen molar-refractivity contribution in [2.75, 3.05) is 19.0 Å². The summed E-state index contributed by atoms with van der Waals surface area (Å²) < 4.78 is 56.0. The summed E-state index contributed by atoms with van der Waals surface area (Å²) >= 11 is 1.43. The van der Waals surface area contributed by atoms with Gasteiger partial charge in [0.25, 0.3) is 5.91 Å². The number of anilines is 1. The van der Waals surface area contributed by atoms with Crippen molar-refractivity contribution in [1.82, 2.24) is 25.1 Å². The molecule has 0 saturated carbocycles. The number of carbonyl (C=O) groups is 1. The number of thiophene rings is 1. The maximum Gasteiger partial charge on any atom is 0.257 e. The second-order valence-corrected chi connectivity index (χ2v) is 14.2. The lowest BCUT2D eigenvalue weighted by atomic mass is 9.93. The van der Waals surface area contributed by atoms with Crippen LogP contribution in [0.3, 0.4) is 0 Å². The fourth-order valence-corrected chi connectivity index (χ4v) is 9.04. The molecule has 1 unspecified atom stereocenters. The van der Waals surface area contributed by atoms with Crippen LogP contribution in [-0.2, 0) is 19.3 Å². The minimum absolute atomic E-state index is 0.0101. The van der Waals surface area contributed by atoms with E-state index in [2.05, 4.69) is 20.5 Å². The van der Waals surface area contributed by atoms with Crippen molar-refractivity contribution >= 4 is 33.1 Å². The fraction of sp³-hybridized carbons (Fsp3) is 0.289. The molecule has 3 aliphatic rings. The highest BCUT2D eigenvalue weighted by Gasteiger charge is 2.45. The van der Waals surface area contributed by atoms with Crippen LogP contribution in [-0.4, -0.2) is 50.8 Å². The van der Waals surface area contributed by atoms with Crippen molar-refractivity contribution in [3.63, 3.8) is 0 Å². The number of benzene rings is 2. The van der Waals surface area contributed by atoms with Crippen molar-refractivity contribution in [3.05, 3.63) is 106 Å². The van der Waals surface area contributed by atoms with Gasteiger partial charge in [0.1, 0.15) is 17.8 Å². The largest absolute Gasteiger partial charge is 0.493 e. The summed E-state index contributed by atoms with van der Waals surface area (Å²) in [4.78, 5) is 26.7. The van der Waals surface area contributed by atoms with E-state index in [1.807, 2.05) is 17.0 Å². The molecule has 258 valence electrons. The molecule has 0 radical (unpaired) electrons. The van der Waals surface area contributed by atoms with Crippen molar-refractivity contribution in [2.24, 2.45) is 0 Å². The number of amides is 1. The number of aryl methyl sites for hydroxylation is 3. The molecular weight excluding hydrogens is 678 g/mol. The molecule has 51 heavy (non-hydrogen) atoms. The van der Waals surface area contributed by atoms with Crippen molar-refractivity contribution < 1.29 is 27.1 Å². The third-order valence-electron chi connectivity index (χ3n) is 10.2. The lowest BCUT2D eigenvalue weighted by Crippen LogP contribution is -2.22. The third-order valence-corrected chi connectivity index (χ3v) is 11.3. The number of methoxy groups -OCH3 is 1. The molecule has 1 aliphatic carbocycles. The Morgan fingerprint density at radius 1 is 1.06 bits per heavy atom. The topological polar surface area (TPSA) is 106 Å². The molecule has 6 aromatic rings. The van der Waals surface area contributed by atoms with Crippen molar-refractivity contribution in [2.45, 2.75) is 57.3 Å². The Kier molecular flexibility index (Phi) is 7.57. The molecule has 1 saturated heterocycles. The van der Waals surface area contributed by atoms with Gasteiger partial charge in [0.15, 0.2) is 11.6 Å². The van der Waals surface area contributed by atoms with Crippen LogP contribution < -0.4 is 10.1 Å². The van der Waals surface area contributed by atoms with Crippen LogP contribution in [0.15, 0.2) is 59.1 Å². The minimum Gasteiger partial charge on any atom is -0.493 e. The van der Waals surface area contributed by atoms with Gasteiger partial charge in [0, 0.05) is 42.1 Å². The second kappa shape index (κ2) is 12.2. The molecule has 1 fully saturated rings. The molecule has 13 heteroatoms. The summed E-state index contributed by atoms with van der Waals surface area (Å²) in [7, 11) is 1.38. The van der Waals surface area contributed by atoms with Crippen LogP contribution in [0.1, 0.15) is 69.3 Å². The smallest absolute Gasteiger partial charge is 0.257 e. The number of aromatic nitrogens is 4. The number of halogens is 3. The van der Waals surface area contributed by atoms with Gasteiger partial charge < -0.3 is 19.4 Å². The van der Waals surface area contributed by atoms with Crippen LogP contribution in [0.4, 0.5) is 19.0 Å². The number of rotatable bonds is 8. The predicted octanol–water partition coefficient (Wildman–Crippen LogP) is 8.13. The van der Waals surface area contributed by atoms with Crippen molar-refractivity contribution in [1.29, 1.82) is 0 Å². The highest BCUT2D eigenvalue weighted by Crippen LogP contribution is 2.51. The Balaban J connectivity index is 1.20. The maximum absolute atomic E-state index is 15.6. The lowest BCUT2D eigenvalue weighted by Gasteiger charge is -2.18. The molecule has 3 atom stereocenters. The van der Waals surface area contributed by atoms with E-state index in [9.17, 15) is 13.6 Å². The van der Waals surface area contributed by atoms with Gasteiger partial charge in [-0.3, -0.25) is 9.78 Å². The van der Waals surface area contributed by atoms with E-state index < -0.39 is 18.0 Å². The number of ether oxygens (including phenoxy) is 1. The van der Waals surface area contributed by atoms with Gasteiger partial charge in [-0.05, 0) is 72.5 Å². The summed E-state index contributed by atoms with van der Waals surface area (Å²) in [5.41, 5.74) is 5.27. The molecular formula is C38H31F3N6O3S. The molecule has 2 aromatic carbocycles. The van der Waals surface area contributed by atoms with E-state index in [0.717, 1.165) is 39.1 Å². The van der Waals surface area contributed by atoms with Crippen LogP contribution in [0.25, 0.3) is 32.0 Å². The standard InChI is InChI=1S/C38H31F3N6O3S/c1-18-45-46-37(50-18)29-26(12-7-19-5-8-21(39)9-6-19)43-33-27-4-3-15-47(27)38(48)31(33)30(29)28-16-20-13-14-42-36(35(20)51-28)44-32-22-10-11-24(40)34(49-2)23(22)17-25(32)41/h5-6,8-11,13-14,16,25,27,32H,3-4,7,12,15,17H2,1-2H3,(H,42,44)/t25-,27+,32?/m0/s1. The fourth-order valence-electron chi connectivity index (χ4n) is 7.87. The first-order valence-corrected chi connectivity index (χ1v) is 17.7. The molecule has 4 aromatic heterocycles. The minimum atomic E-state index is -1.34. The highest BCUT2D eigenvalue weighted by atomic mass is 32.1. The number of nitrogens with one attached hydrogen (secondary N) is 1. The van der Waals surface area contributed by atoms with Gasteiger partial charge in [0.2, 0.25) is 11.8 Å². The van der Waals surface area contributed by atoms with Gasteiger partial charge >= 0.3 is 0 Å². The second-order valence-electron chi connectivity index (χ2n) is 13.2. The summed E-state index contributed by atoms with van der Waals surface area (Å²) in [6, 6.07) is 12.3. The van der Waals surface area contributed by atoms with Gasteiger partial charge in [0.05, 0.1) is 46.4 Å².